The number of hydrogen-bond acceptors (Lipinski definition) is 3. The summed E-state index contributed by atoms with van der Waals surface area (Å²) in [4.78, 5) is 29.0. The van der Waals surface area contributed by atoms with Crippen LogP contribution in [0.1, 0.15) is 41.5 Å². The lowest BCUT2D eigenvalue weighted by Gasteiger charge is -2.15. The number of halogens is 4. The molecule has 0 spiro atoms. The van der Waals surface area contributed by atoms with E-state index in [1.807, 2.05) is 0 Å². The van der Waals surface area contributed by atoms with Crippen LogP contribution >= 0.6 is 11.6 Å². The molecule has 0 aliphatic carbocycles. The Morgan fingerprint density at radius 3 is 2.45 bits per heavy atom. The Labute approximate surface area is 182 Å². The van der Waals surface area contributed by atoms with E-state index in [2.05, 4.69) is 4.98 Å². The van der Waals surface area contributed by atoms with Gasteiger partial charge in [0, 0.05) is 35.1 Å². The van der Waals surface area contributed by atoms with Crippen molar-refractivity contribution in [3.8, 4) is 11.3 Å². The SMILES string of the molecule is CC(=O)c1cccc(Cn2c(CCCC(F)(F)F)nc(-c3ccc(Cl)cc3)cc2=O)c1. The van der Waals surface area contributed by atoms with Gasteiger partial charge >= 0.3 is 6.18 Å². The fourth-order valence-electron chi connectivity index (χ4n) is 3.20. The molecule has 2 aromatic carbocycles. The average molecular weight is 449 g/mol. The van der Waals surface area contributed by atoms with Gasteiger partial charge in [-0.3, -0.25) is 14.2 Å². The van der Waals surface area contributed by atoms with Crippen molar-refractivity contribution in [1.82, 2.24) is 9.55 Å². The Morgan fingerprint density at radius 2 is 1.81 bits per heavy atom. The van der Waals surface area contributed by atoms with Gasteiger partial charge in [0.15, 0.2) is 5.78 Å². The molecule has 1 aromatic heterocycles. The van der Waals surface area contributed by atoms with Crippen molar-refractivity contribution >= 4 is 17.4 Å². The molecule has 0 atom stereocenters. The number of alkyl halides is 3. The van der Waals surface area contributed by atoms with Gasteiger partial charge in [0.25, 0.3) is 5.56 Å². The topological polar surface area (TPSA) is 52.0 Å². The predicted molar refractivity (Wildman–Crippen MR) is 113 cm³/mol. The number of hydrogen-bond donors (Lipinski definition) is 0. The quantitative estimate of drug-likeness (QED) is 0.436. The molecule has 8 heteroatoms. The van der Waals surface area contributed by atoms with Gasteiger partial charge in [0.05, 0.1) is 12.2 Å². The highest BCUT2D eigenvalue weighted by Gasteiger charge is 2.26. The third-order valence-corrected chi connectivity index (χ3v) is 5.01. The van der Waals surface area contributed by atoms with Crippen LogP contribution in [0.4, 0.5) is 13.2 Å². The van der Waals surface area contributed by atoms with E-state index in [9.17, 15) is 22.8 Å². The molecule has 0 N–H and O–H groups in total. The molecular formula is C23H20ClF3N2O2. The van der Waals surface area contributed by atoms with E-state index in [4.69, 9.17) is 11.6 Å². The van der Waals surface area contributed by atoms with Crippen LogP contribution in [0.25, 0.3) is 11.3 Å². The molecule has 0 unspecified atom stereocenters. The van der Waals surface area contributed by atoms with Crippen molar-refractivity contribution < 1.29 is 18.0 Å². The summed E-state index contributed by atoms with van der Waals surface area (Å²) in [6, 6.07) is 14.9. The minimum Gasteiger partial charge on any atom is -0.295 e. The summed E-state index contributed by atoms with van der Waals surface area (Å²) in [5.74, 6) is 0.144. The maximum atomic E-state index is 12.9. The second kappa shape index (κ2) is 9.47. The molecule has 1 heterocycles. The summed E-state index contributed by atoms with van der Waals surface area (Å²) in [7, 11) is 0. The lowest BCUT2D eigenvalue weighted by atomic mass is 10.1. The fourth-order valence-corrected chi connectivity index (χ4v) is 3.33. The first-order valence-corrected chi connectivity index (χ1v) is 10.0. The molecule has 31 heavy (non-hydrogen) atoms. The molecule has 3 rings (SSSR count). The summed E-state index contributed by atoms with van der Waals surface area (Å²) in [5, 5.41) is 0.521. The minimum atomic E-state index is -4.28. The number of aryl methyl sites for hydroxylation is 1. The molecule has 0 aliphatic rings. The molecule has 0 saturated heterocycles. The molecular weight excluding hydrogens is 429 g/mol. The van der Waals surface area contributed by atoms with Gasteiger partial charge in [-0.1, -0.05) is 41.9 Å². The van der Waals surface area contributed by atoms with Crippen LogP contribution in [0.3, 0.4) is 0 Å². The van der Waals surface area contributed by atoms with Crippen LogP contribution in [0, 0.1) is 0 Å². The molecule has 3 aromatic rings. The number of ketones is 1. The van der Waals surface area contributed by atoms with E-state index in [-0.39, 0.29) is 36.6 Å². The largest absolute Gasteiger partial charge is 0.389 e. The Bertz CT molecular complexity index is 1140. The minimum absolute atomic E-state index is 0.0113. The summed E-state index contributed by atoms with van der Waals surface area (Å²) < 4.78 is 39.3. The highest BCUT2D eigenvalue weighted by molar-refractivity contribution is 6.30. The lowest BCUT2D eigenvalue weighted by molar-refractivity contribution is -0.135. The van der Waals surface area contributed by atoms with Crippen LogP contribution in [0.15, 0.2) is 59.4 Å². The van der Waals surface area contributed by atoms with Crippen molar-refractivity contribution in [2.24, 2.45) is 0 Å². The zero-order valence-electron chi connectivity index (χ0n) is 16.7. The smallest absolute Gasteiger partial charge is 0.295 e. The lowest BCUT2D eigenvalue weighted by Crippen LogP contribution is -2.26. The molecule has 0 aliphatic heterocycles. The average Bonchev–Trinajstić information content (AvgIpc) is 2.70. The maximum Gasteiger partial charge on any atom is 0.389 e. The summed E-state index contributed by atoms with van der Waals surface area (Å²) >= 11 is 5.91. The zero-order valence-corrected chi connectivity index (χ0v) is 17.5. The van der Waals surface area contributed by atoms with Crippen molar-refractivity contribution in [3.05, 3.63) is 86.9 Å². The second-order valence-corrected chi connectivity index (χ2v) is 7.65. The van der Waals surface area contributed by atoms with Gasteiger partial charge in [-0.2, -0.15) is 13.2 Å². The number of carbonyl (C=O) groups is 1. The number of Topliss-reactive ketones (excluding diaryl/α,β-unsaturated/α-hetero) is 1. The fraction of sp³-hybridized carbons (Fsp3) is 0.261. The van der Waals surface area contributed by atoms with Gasteiger partial charge in [0.2, 0.25) is 0 Å². The van der Waals surface area contributed by atoms with Gasteiger partial charge in [0.1, 0.15) is 5.82 Å². The molecule has 0 amide bonds. The molecule has 0 saturated carbocycles. The van der Waals surface area contributed by atoms with Crippen LogP contribution < -0.4 is 5.56 Å². The van der Waals surface area contributed by atoms with E-state index < -0.39 is 12.6 Å². The normalized spacial score (nSPS) is 11.5. The Morgan fingerprint density at radius 1 is 1.10 bits per heavy atom. The molecule has 4 nitrogen and oxygen atoms in total. The first-order valence-electron chi connectivity index (χ1n) is 9.66. The third-order valence-electron chi connectivity index (χ3n) is 4.76. The molecule has 0 radical (unpaired) electrons. The van der Waals surface area contributed by atoms with Gasteiger partial charge < -0.3 is 0 Å². The standard InChI is InChI=1S/C23H20ClF3N2O2/c1-15(30)18-5-2-4-16(12-18)14-29-21(6-3-11-23(25,26)27)28-20(13-22(29)31)17-7-9-19(24)10-8-17/h2,4-5,7-10,12-13H,3,6,11,14H2,1H3. The number of benzene rings is 2. The van der Waals surface area contributed by atoms with E-state index in [0.29, 0.717) is 27.4 Å². The van der Waals surface area contributed by atoms with Crippen LogP contribution in [0.2, 0.25) is 5.02 Å². The van der Waals surface area contributed by atoms with E-state index in [1.54, 1.807) is 48.5 Å². The van der Waals surface area contributed by atoms with Crippen LogP contribution in [-0.2, 0) is 13.0 Å². The first kappa shape index (κ1) is 22.7. The highest BCUT2D eigenvalue weighted by Crippen LogP contribution is 2.23. The van der Waals surface area contributed by atoms with Crippen molar-refractivity contribution in [1.29, 1.82) is 0 Å². The summed E-state index contributed by atoms with van der Waals surface area (Å²) in [6.45, 7) is 1.55. The number of aromatic nitrogens is 2. The number of rotatable bonds is 7. The monoisotopic (exact) mass is 448 g/mol. The number of carbonyl (C=O) groups excluding carboxylic acids is 1. The molecule has 0 fully saturated rings. The third kappa shape index (κ3) is 6.28. The summed E-state index contributed by atoms with van der Waals surface area (Å²) in [5.41, 5.74) is 1.82. The van der Waals surface area contributed by atoms with Crippen molar-refractivity contribution in [3.63, 3.8) is 0 Å². The first-order chi connectivity index (χ1) is 14.6. The molecule has 0 bridgehead atoms. The van der Waals surface area contributed by atoms with Crippen LogP contribution in [-0.4, -0.2) is 21.5 Å². The highest BCUT2D eigenvalue weighted by atomic mass is 35.5. The predicted octanol–water partition coefficient (Wildman–Crippen LogP) is 5.70. The molecule has 162 valence electrons. The van der Waals surface area contributed by atoms with Gasteiger partial charge in [-0.15, -0.1) is 0 Å². The van der Waals surface area contributed by atoms with Gasteiger partial charge in [-0.25, -0.2) is 4.98 Å². The maximum absolute atomic E-state index is 12.9. The van der Waals surface area contributed by atoms with Crippen LogP contribution in [0.5, 0.6) is 0 Å². The van der Waals surface area contributed by atoms with E-state index >= 15 is 0 Å². The summed E-state index contributed by atoms with van der Waals surface area (Å²) in [6.07, 6.45) is -5.45. The Kier molecular flexibility index (Phi) is 6.95. The van der Waals surface area contributed by atoms with Crippen molar-refractivity contribution in [2.45, 2.75) is 38.9 Å². The van der Waals surface area contributed by atoms with E-state index in [0.717, 1.165) is 0 Å². The Balaban J connectivity index is 1.99. The second-order valence-electron chi connectivity index (χ2n) is 7.21. The van der Waals surface area contributed by atoms with Gasteiger partial charge in [-0.05, 0) is 37.1 Å². The Hall–Kier alpha value is -2.93. The zero-order chi connectivity index (χ0) is 22.6. The number of nitrogens with zero attached hydrogens (tertiary/aromatic N) is 2. The van der Waals surface area contributed by atoms with Crippen molar-refractivity contribution in [2.75, 3.05) is 0 Å². The van der Waals surface area contributed by atoms with E-state index in [1.165, 1.54) is 17.6 Å².